The van der Waals surface area contributed by atoms with Crippen molar-refractivity contribution in [1.82, 2.24) is 0 Å². The zero-order valence-electron chi connectivity index (χ0n) is 14.4. The van der Waals surface area contributed by atoms with E-state index in [-0.39, 0.29) is 11.2 Å². The summed E-state index contributed by atoms with van der Waals surface area (Å²) in [4.78, 5) is 13.8. The van der Waals surface area contributed by atoms with Gasteiger partial charge in [0, 0.05) is 15.6 Å². The highest BCUT2D eigenvalue weighted by Gasteiger charge is 2.20. The molecule has 2 rings (SSSR count). The Morgan fingerprint density at radius 3 is 2.12 bits per heavy atom. The lowest BCUT2D eigenvalue weighted by molar-refractivity contribution is -0.115. The Morgan fingerprint density at radius 1 is 1.04 bits per heavy atom. The molecule has 0 aromatic heterocycles. The molecule has 24 heavy (non-hydrogen) atoms. The summed E-state index contributed by atoms with van der Waals surface area (Å²) in [5, 5.41) is 3.76. The Balaban J connectivity index is 2.16. The molecule has 1 N–H and O–H groups in total. The molecule has 0 saturated carbocycles. The fourth-order valence-electron chi connectivity index (χ4n) is 2.61. The number of benzene rings is 2. The topological polar surface area (TPSA) is 29.1 Å². The predicted octanol–water partition coefficient (Wildman–Crippen LogP) is 5.97. The van der Waals surface area contributed by atoms with Crippen LogP contribution < -0.4 is 5.32 Å². The van der Waals surface area contributed by atoms with Crippen molar-refractivity contribution in [3.63, 3.8) is 0 Å². The van der Waals surface area contributed by atoms with Crippen molar-refractivity contribution in [1.29, 1.82) is 0 Å². The van der Waals surface area contributed by atoms with Crippen molar-refractivity contribution in [2.75, 3.05) is 5.32 Å². The highest BCUT2D eigenvalue weighted by molar-refractivity contribution is 8.00. The summed E-state index contributed by atoms with van der Waals surface area (Å²) in [6.07, 6.45) is 2.59. The molecule has 0 bridgehead atoms. The molecule has 0 fully saturated rings. The van der Waals surface area contributed by atoms with E-state index in [0.717, 1.165) is 29.8 Å². The smallest absolute Gasteiger partial charge is 0.237 e. The molecule has 0 heterocycles. The number of rotatable bonds is 7. The van der Waals surface area contributed by atoms with Gasteiger partial charge in [-0.05, 0) is 54.7 Å². The van der Waals surface area contributed by atoms with Crippen LogP contribution in [0.4, 0.5) is 5.69 Å². The third-order valence-electron chi connectivity index (χ3n) is 4.00. The van der Waals surface area contributed by atoms with Crippen LogP contribution in [-0.4, -0.2) is 11.2 Å². The number of carbonyl (C=O) groups excluding carboxylic acids is 1. The predicted molar refractivity (Wildman–Crippen MR) is 105 cm³/mol. The summed E-state index contributed by atoms with van der Waals surface area (Å²) in [5.74, 6) is 0.0630. The van der Waals surface area contributed by atoms with E-state index in [0.29, 0.717) is 5.02 Å². The quantitative estimate of drug-likeness (QED) is 0.615. The number of nitrogens with one attached hydrogen (secondary N) is 1. The number of carbonyl (C=O) groups is 1. The van der Waals surface area contributed by atoms with E-state index in [1.807, 2.05) is 31.2 Å². The summed E-state index contributed by atoms with van der Waals surface area (Å²) in [6, 6.07) is 13.9. The molecule has 1 atom stereocenters. The number of halogens is 1. The van der Waals surface area contributed by atoms with Crippen molar-refractivity contribution in [3.8, 4) is 0 Å². The van der Waals surface area contributed by atoms with Crippen molar-refractivity contribution in [3.05, 3.63) is 58.6 Å². The minimum Gasteiger partial charge on any atom is -0.325 e. The first-order valence-electron chi connectivity index (χ1n) is 8.42. The van der Waals surface area contributed by atoms with Crippen LogP contribution in [0.2, 0.25) is 5.02 Å². The lowest BCUT2D eigenvalue weighted by Crippen LogP contribution is -2.25. The standard InChI is InChI=1S/C20H24ClNOS/c1-4-14-8-7-9-15(5-2)19(14)22-20(23)18(6-3)24-17-12-10-16(21)11-13-17/h7-13,18H,4-6H2,1-3H3,(H,22,23)/t18-/m0/s1. The SMILES string of the molecule is CCc1cccc(CC)c1NC(=O)[C@H](CC)Sc1ccc(Cl)cc1. The van der Waals surface area contributed by atoms with Gasteiger partial charge in [0.1, 0.15) is 0 Å². The molecule has 2 nitrogen and oxygen atoms in total. The van der Waals surface area contributed by atoms with Gasteiger partial charge >= 0.3 is 0 Å². The van der Waals surface area contributed by atoms with Crippen LogP contribution in [-0.2, 0) is 17.6 Å². The van der Waals surface area contributed by atoms with Gasteiger partial charge in [0.15, 0.2) is 0 Å². The fourth-order valence-corrected chi connectivity index (χ4v) is 3.69. The van der Waals surface area contributed by atoms with E-state index >= 15 is 0 Å². The van der Waals surface area contributed by atoms with Crippen molar-refractivity contribution >= 4 is 35.0 Å². The Bertz CT molecular complexity index is 662. The van der Waals surface area contributed by atoms with Gasteiger partial charge in [0.25, 0.3) is 0 Å². The van der Waals surface area contributed by atoms with Gasteiger partial charge in [-0.2, -0.15) is 0 Å². The van der Waals surface area contributed by atoms with Crippen LogP contribution in [0.3, 0.4) is 0 Å². The first-order chi connectivity index (χ1) is 11.6. The number of thioether (sulfide) groups is 1. The maximum atomic E-state index is 12.8. The number of aryl methyl sites for hydroxylation is 2. The second-order valence-electron chi connectivity index (χ2n) is 5.62. The number of hydrogen-bond donors (Lipinski definition) is 1. The van der Waals surface area contributed by atoms with E-state index in [9.17, 15) is 4.79 Å². The third kappa shape index (κ3) is 4.78. The molecule has 4 heteroatoms. The first kappa shape index (κ1) is 18.9. The van der Waals surface area contributed by atoms with Gasteiger partial charge in [0.2, 0.25) is 5.91 Å². The summed E-state index contributed by atoms with van der Waals surface area (Å²) >= 11 is 7.51. The number of hydrogen-bond acceptors (Lipinski definition) is 2. The number of para-hydroxylation sites is 1. The maximum absolute atomic E-state index is 12.8. The summed E-state index contributed by atoms with van der Waals surface area (Å²) in [6.45, 7) is 6.27. The van der Waals surface area contributed by atoms with E-state index < -0.39 is 0 Å². The zero-order valence-corrected chi connectivity index (χ0v) is 16.0. The Kier molecular flexibility index (Phi) is 7.19. The van der Waals surface area contributed by atoms with Crippen LogP contribution >= 0.6 is 23.4 Å². The average molecular weight is 362 g/mol. The number of anilines is 1. The molecule has 128 valence electrons. The van der Waals surface area contributed by atoms with Crippen LogP contribution in [0.15, 0.2) is 47.4 Å². The lowest BCUT2D eigenvalue weighted by atomic mass is 10.0. The summed E-state index contributed by atoms with van der Waals surface area (Å²) in [7, 11) is 0. The molecule has 1 amide bonds. The van der Waals surface area contributed by atoms with Gasteiger partial charge in [-0.15, -0.1) is 11.8 Å². The molecule has 0 aliphatic rings. The van der Waals surface area contributed by atoms with Crippen molar-refractivity contribution in [2.45, 2.75) is 50.2 Å². The minimum atomic E-state index is -0.124. The lowest BCUT2D eigenvalue weighted by Gasteiger charge is -2.19. The molecule has 0 radical (unpaired) electrons. The molecule has 0 aliphatic heterocycles. The molecule has 2 aromatic rings. The molecule has 0 unspecified atom stereocenters. The monoisotopic (exact) mass is 361 g/mol. The van der Waals surface area contributed by atoms with Gasteiger partial charge < -0.3 is 5.32 Å². The minimum absolute atomic E-state index is 0.0630. The normalized spacial score (nSPS) is 12.0. The summed E-state index contributed by atoms with van der Waals surface area (Å²) < 4.78 is 0. The second kappa shape index (κ2) is 9.14. The van der Waals surface area contributed by atoms with Crippen LogP contribution in [0.1, 0.15) is 38.3 Å². The zero-order chi connectivity index (χ0) is 17.5. The van der Waals surface area contributed by atoms with Crippen LogP contribution in [0, 0.1) is 0 Å². The van der Waals surface area contributed by atoms with Crippen LogP contribution in [0.25, 0.3) is 0 Å². The molecule has 0 spiro atoms. The van der Waals surface area contributed by atoms with Gasteiger partial charge in [0.05, 0.1) is 5.25 Å². The summed E-state index contributed by atoms with van der Waals surface area (Å²) in [5.41, 5.74) is 3.37. The van der Waals surface area contributed by atoms with E-state index in [1.165, 1.54) is 11.1 Å². The van der Waals surface area contributed by atoms with E-state index in [2.05, 4.69) is 37.4 Å². The van der Waals surface area contributed by atoms with Gasteiger partial charge in [-0.3, -0.25) is 4.79 Å². The van der Waals surface area contributed by atoms with Crippen molar-refractivity contribution < 1.29 is 4.79 Å². The van der Waals surface area contributed by atoms with Gasteiger partial charge in [-0.25, -0.2) is 0 Å². The third-order valence-corrected chi connectivity index (χ3v) is 5.63. The van der Waals surface area contributed by atoms with Crippen molar-refractivity contribution in [2.24, 2.45) is 0 Å². The Hall–Kier alpha value is -1.45. The molecule has 0 saturated heterocycles. The molecular formula is C20H24ClNOS. The highest BCUT2D eigenvalue weighted by atomic mass is 35.5. The fraction of sp³-hybridized carbons (Fsp3) is 0.350. The average Bonchev–Trinajstić information content (AvgIpc) is 2.61. The van der Waals surface area contributed by atoms with E-state index in [1.54, 1.807) is 11.8 Å². The molecule has 0 aliphatic carbocycles. The Morgan fingerprint density at radius 2 is 1.62 bits per heavy atom. The number of amides is 1. The second-order valence-corrected chi connectivity index (χ2v) is 7.33. The van der Waals surface area contributed by atoms with Crippen LogP contribution in [0.5, 0.6) is 0 Å². The Labute approximate surface area is 154 Å². The molecule has 2 aromatic carbocycles. The van der Waals surface area contributed by atoms with E-state index in [4.69, 9.17) is 11.6 Å². The first-order valence-corrected chi connectivity index (χ1v) is 9.68. The molecular weight excluding hydrogens is 338 g/mol. The van der Waals surface area contributed by atoms with Gasteiger partial charge in [-0.1, -0.05) is 50.6 Å². The largest absolute Gasteiger partial charge is 0.325 e. The highest BCUT2D eigenvalue weighted by Crippen LogP contribution is 2.29. The maximum Gasteiger partial charge on any atom is 0.237 e.